The minimum Gasteiger partial charge on any atom is -0.490 e. The first-order valence-corrected chi connectivity index (χ1v) is 9.68. The van der Waals surface area contributed by atoms with E-state index in [1.165, 1.54) is 9.80 Å². The molecular weight excluding hydrogens is 362 g/mol. The van der Waals surface area contributed by atoms with E-state index in [1.807, 2.05) is 45.9 Å². The predicted molar refractivity (Wildman–Crippen MR) is 104 cm³/mol. The van der Waals surface area contributed by atoms with Gasteiger partial charge >= 0.3 is 11.8 Å². The maximum atomic E-state index is 12.4. The number of piperazine rings is 1. The number of ether oxygens (including phenoxy) is 2. The van der Waals surface area contributed by atoms with Crippen molar-refractivity contribution in [1.29, 1.82) is 0 Å². The zero-order valence-corrected chi connectivity index (χ0v) is 17.0. The van der Waals surface area contributed by atoms with Gasteiger partial charge in [0, 0.05) is 19.6 Å². The standard InChI is InChI=1S/C20H29N3O5/c1-5-22-10-11-23(20(26)19(22)25)13-18(24)21-14(4)15-8-9-16(27-6-2)17(12-15)28-7-3/h8-9,12,14H,5-7,10-11,13H2,1-4H3,(H,21,24). The number of benzene rings is 1. The van der Waals surface area contributed by atoms with Crippen molar-refractivity contribution < 1.29 is 23.9 Å². The Bertz CT molecular complexity index is 722. The largest absolute Gasteiger partial charge is 0.490 e. The number of carbonyl (C=O) groups is 3. The number of hydrogen-bond donors (Lipinski definition) is 1. The van der Waals surface area contributed by atoms with E-state index < -0.39 is 11.8 Å². The molecule has 8 nitrogen and oxygen atoms in total. The third-order valence-electron chi connectivity index (χ3n) is 4.56. The minimum absolute atomic E-state index is 0.137. The highest BCUT2D eigenvalue weighted by atomic mass is 16.5. The Hall–Kier alpha value is -2.77. The van der Waals surface area contributed by atoms with Gasteiger partial charge in [-0.3, -0.25) is 14.4 Å². The van der Waals surface area contributed by atoms with Gasteiger partial charge in [-0.05, 0) is 45.4 Å². The highest BCUT2D eigenvalue weighted by molar-refractivity contribution is 6.35. The lowest BCUT2D eigenvalue weighted by molar-refractivity contribution is -0.156. The van der Waals surface area contributed by atoms with Gasteiger partial charge in [-0.1, -0.05) is 6.07 Å². The van der Waals surface area contributed by atoms with Crippen LogP contribution in [0.1, 0.15) is 39.3 Å². The van der Waals surface area contributed by atoms with Crippen LogP contribution >= 0.6 is 0 Å². The van der Waals surface area contributed by atoms with Crippen LogP contribution in [0.3, 0.4) is 0 Å². The number of nitrogens with zero attached hydrogens (tertiary/aromatic N) is 2. The summed E-state index contributed by atoms with van der Waals surface area (Å²) in [6.07, 6.45) is 0. The molecule has 1 fully saturated rings. The number of amides is 3. The lowest BCUT2D eigenvalue weighted by atomic mass is 10.1. The molecule has 2 rings (SSSR count). The first kappa shape index (κ1) is 21.5. The van der Waals surface area contributed by atoms with Crippen LogP contribution in [-0.2, 0) is 14.4 Å². The summed E-state index contributed by atoms with van der Waals surface area (Å²) < 4.78 is 11.2. The van der Waals surface area contributed by atoms with Gasteiger partial charge in [-0.2, -0.15) is 0 Å². The topological polar surface area (TPSA) is 88.2 Å². The van der Waals surface area contributed by atoms with Crippen molar-refractivity contribution >= 4 is 17.7 Å². The molecule has 0 spiro atoms. The van der Waals surface area contributed by atoms with Crippen molar-refractivity contribution in [1.82, 2.24) is 15.1 Å². The fourth-order valence-corrected chi connectivity index (χ4v) is 3.05. The number of likely N-dealkylation sites (N-methyl/N-ethyl adjacent to an activating group) is 1. The van der Waals surface area contributed by atoms with E-state index >= 15 is 0 Å². The Morgan fingerprint density at radius 2 is 1.64 bits per heavy atom. The van der Waals surface area contributed by atoms with Crippen molar-refractivity contribution in [2.24, 2.45) is 0 Å². The number of hydrogen-bond acceptors (Lipinski definition) is 5. The van der Waals surface area contributed by atoms with Crippen LogP contribution in [-0.4, -0.2) is 66.9 Å². The second-order valence-electron chi connectivity index (χ2n) is 6.47. The van der Waals surface area contributed by atoms with E-state index in [2.05, 4.69) is 5.32 Å². The average molecular weight is 391 g/mol. The molecule has 0 saturated carbocycles. The number of nitrogens with one attached hydrogen (secondary N) is 1. The highest BCUT2D eigenvalue weighted by Gasteiger charge is 2.32. The van der Waals surface area contributed by atoms with Gasteiger partial charge in [0.1, 0.15) is 6.54 Å². The molecule has 3 amide bonds. The third kappa shape index (κ3) is 5.15. The molecule has 1 aromatic carbocycles. The molecule has 0 bridgehead atoms. The summed E-state index contributed by atoms with van der Waals surface area (Å²) in [5, 5.41) is 2.87. The molecule has 1 heterocycles. The summed E-state index contributed by atoms with van der Waals surface area (Å²) in [5.41, 5.74) is 0.860. The molecule has 1 N–H and O–H groups in total. The summed E-state index contributed by atoms with van der Waals surface area (Å²) in [6, 6.07) is 5.24. The summed E-state index contributed by atoms with van der Waals surface area (Å²) in [6.45, 7) is 9.66. The Morgan fingerprint density at radius 3 is 2.29 bits per heavy atom. The van der Waals surface area contributed by atoms with E-state index in [-0.39, 0.29) is 18.5 Å². The second-order valence-corrected chi connectivity index (χ2v) is 6.47. The zero-order valence-electron chi connectivity index (χ0n) is 17.0. The summed E-state index contributed by atoms with van der Waals surface area (Å²) in [4.78, 5) is 39.2. The molecule has 154 valence electrons. The van der Waals surface area contributed by atoms with E-state index in [4.69, 9.17) is 9.47 Å². The smallest absolute Gasteiger partial charge is 0.312 e. The van der Waals surface area contributed by atoms with Crippen LogP contribution in [0.25, 0.3) is 0 Å². The third-order valence-corrected chi connectivity index (χ3v) is 4.56. The molecule has 1 aromatic rings. The van der Waals surface area contributed by atoms with Crippen molar-refractivity contribution in [3.63, 3.8) is 0 Å². The van der Waals surface area contributed by atoms with Crippen molar-refractivity contribution in [3.8, 4) is 11.5 Å². The lowest BCUT2D eigenvalue weighted by Gasteiger charge is -2.32. The van der Waals surface area contributed by atoms with Crippen LogP contribution in [0.2, 0.25) is 0 Å². The number of carbonyl (C=O) groups excluding carboxylic acids is 3. The monoisotopic (exact) mass is 391 g/mol. The normalized spacial score (nSPS) is 15.4. The van der Waals surface area contributed by atoms with Gasteiger partial charge in [0.05, 0.1) is 19.3 Å². The van der Waals surface area contributed by atoms with Crippen LogP contribution in [0, 0.1) is 0 Å². The Kier molecular flexibility index (Phi) is 7.66. The number of rotatable bonds is 9. The van der Waals surface area contributed by atoms with E-state index in [9.17, 15) is 14.4 Å². The van der Waals surface area contributed by atoms with Crippen molar-refractivity contribution in [2.75, 3.05) is 39.4 Å². The highest BCUT2D eigenvalue weighted by Crippen LogP contribution is 2.30. The van der Waals surface area contributed by atoms with Crippen LogP contribution in [0.5, 0.6) is 11.5 Å². The van der Waals surface area contributed by atoms with Gasteiger partial charge in [0.2, 0.25) is 5.91 Å². The molecular formula is C20H29N3O5. The minimum atomic E-state index is -0.629. The maximum Gasteiger partial charge on any atom is 0.312 e. The fraction of sp³-hybridized carbons (Fsp3) is 0.550. The van der Waals surface area contributed by atoms with Gasteiger partial charge in [-0.25, -0.2) is 0 Å². The lowest BCUT2D eigenvalue weighted by Crippen LogP contribution is -2.56. The quantitative estimate of drug-likeness (QED) is 0.642. The Balaban J connectivity index is 1.99. The molecule has 0 aromatic heterocycles. The molecule has 28 heavy (non-hydrogen) atoms. The maximum absolute atomic E-state index is 12.4. The predicted octanol–water partition coefficient (Wildman–Crippen LogP) is 1.35. The van der Waals surface area contributed by atoms with E-state index in [0.717, 1.165) is 5.56 Å². The van der Waals surface area contributed by atoms with Crippen LogP contribution in [0.4, 0.5) is 0 Å². The molecule has 1 saturated heterocycles. The first-order chi connectivity index (χ1) is 13.4. The van der Waals surface area contributed by atoms with Crippen molar-refractivity contribution in [3.05, 3.63) is 23.8 Å². The summed E-state index contributed by atoms with van der Waals surface area (Å²) >= 11 is 0. The SMILES string of the molecule is CCOc1ccc(C(C)NC(=O)CN2CCN(CC)C(=O)C2=O)cc1OCC. The molecule has 0 radical (unpaired) electrons. The second kappa shape index (κ2) is 9.96. The van der Waals surface area contributed by atoms with Gasteiger partial charge in [-0.15, -0.1) is 0 Å². The van der Waals surface area contributed by atoms with Crippen molar-refractivity contribution in [2.45, 2.75) is 33.7 Å². The van der Waals surface area contributed by atoms with Crippen LogP contribution in [0.15, 0.2) is 18.2 Å². The molecule has 8 heteroatoms. The van der Waals surface area contributed by atoms with Gasteiger partial charge < -0.3 is 24.6 Å². The van der Waals surface area contributed by atoms with Gasteiger partial charge in [0.15, 0.2) is 11.5 Å². The molecule has 1 aliphatic rings. The molecule has 1 aliphatic heterocycles. The van der Waals surface area contributed by atoms with E-state index in [1.54, 1.807) is 0 Å². The Labute approximate surface area is 165 Å². The van der Waals surface area contributed by atoms with E-state index in [0.29, 0.717) is 44.3 Å². The average Bonchev–Trinajstić information content (AvgIpc) is 2.67. The Morgan fingerprint density at radius 1 is 1.04 bits per heavy atom. The fourth-order valence-electron chi connectivity index (χ4n) is 3.05. The summed E-state index contributed by atoms with van der Waals surface area (Å²) in [5.74, 6) is -0.215. The summed E-state index contributed by atoms with van der Waals surface area (Å²) in [7, 11) is 0. The molecule has 1 unspecified atom stereocenters. The van der Waals surface area contributed by atoms with Gasteiger partial charge in [0.25, 0.3) is 0 Å². The molecule has 0 aliphatic carbocycles. The zero-order chi connectivity index (χ0) is 20.7. The molecule has 1 atom stereocenters. The van der Waals surface area contributed by atoms with Crippen LogP contribution < -0.4 is 14.8 Å². The first-order valence-electron chi connectivity index (χ1n) is 9.68.